The molecule has 19 heavy (non-hydrogen) atoms. The number of nitrogens with one attached hydrogen (secondary N) is 1. The first-order valence-corrected chi connectivity index (χ1v) is 7.12. The van der Waals surface area contributed by atoms with Crippen molar-refractivity contribution < 1.29 is 4.79 Å². The number of nitrogens with zero attached hydrogens (tertiary/aromatic N) is 1. The molecule has 106 valence electrons. The highest BCUT2D eigenvalue weighted by Crippen LogP contribution is 2.14. The van der Waals surface area contributed by atoms with Crippen molar-refractivity contribution in [3.63, 3.8) is 0 Å². The van der Waals surface area contributed by atoms with Crippen LogP contribution in [0.5, 0.6) is 0 Å². The van der Waals surface area contributed by atoms with E-state index in [2.05, 4.69) is 35.1 Å². The second-order valence-electron chi connectivity index (χ2n) is 5.07. The Morgan fingerprint density at radius 3 is 2.58 bits per heavy atom. The molecule has 2 unspecified atom stereocenters. The summed E-state index contributed by atoms with van der Waals surface area (Å²) in [6, 6.07) is 8.70. The quantitative estimate of drug-likeness (QED) is 0.892. The van der Waals surface area contributed by atoms with Gasteiger partial charge in [0.15, 0.2) is 0 Å². The van der Waals surface area contributed by atoms with Crippen LogP contribution in [-0.4, -0.2) is 36.0 Å². The summed E-state index contributed by atoms with van der Waals surface area (Å²) in [5, 5.41) is 3.44. The lowest BCUT2D eigenvalue weighted by atomic mass is 10.1. The van der Waals surface area contributed by atoms with Gasteiger partial charge in [-0.05, 0) is 31.5 Å². The molecular formula is C14H20BrClN2O. The van der Waals surface area contributed by atoms with Gasteiger partial charge in [0, 0.05) is 29.6 Å². The average molecular weight is 348 g/mol. The number of carbonyl (C=O) groups excluding carboxylic acids is 1. The molecule has 5 heteroatoms. The summed E-state index contributed by atoms with van der Waals surface area (Å²) < 4.78 is 1.02. The van der Waals surface area contributed by atoms with E-state index in [0.29, 0.717) is 18.5 Å². The Kier molecular flexibility index (Phi) is 6.30. The molecule has 2 rings (SSSR count). The Balaban J connectivity index is 0.00000180. The van der Waals surface area contributed by atoms with Crippen LogP contribution < -0.4 is 5.32 Å². The van der Waals surface area contributed by atoms with Crippen molar-refractivity contribution in [2.75, 3.05) is 13.1 Å². The smallest absolute Gasteiger partial charge is 0.227 e. The standard InChI is InChI=1S/C14H19BrN2O.ClH/c1-10-8-17(9-11(2)16-10)14(18)7-12-4-3-5-13(15)6-12;/h3-6,10-11,16H,7-9H2,1-2H3;1H. The van der Waals surface area contributed by atoms with E-state index in [9.17, 15) is 4.79 Å². The van der Waals surface area contributed by atoms with Gasteiger partial charge < -0.3 is 10.2 Å². The molecule has 1 aromatic carbocycles. The Hall–Kier alpha value is -0.580. The average Bonchev–Trinajstić information content (AvgIpc) is 2.27. The van der Waals surface area contributed by atoms with Gasteiger partial charge in [-0.2, -0.15) is 0 Å². The van der Waals surface area contributed by atoms with Gasteiger partial charge in [0.05, 0.1) is 6.42 Å². The number of piperazine rings is 1. The molecule has 1 heterocycles. The maximum atomic E-state index is 12.3. The van der Waals surface area contributed by atoms with Crippen LogP contribution in [0.4, 0.5) is 0 Å². The van der Waals surface area contributed by atoms with Crippen LogP contribution >= 0.6 is 28.3 Å². The van der Waals surface area contributed by atoms with Gasteiger partial charge in [-0.25, -0.2) is 0 Å². The zero-order valence-electron chi connectivity index (χ0n) is 11.2. The van der Waals surface area contributed by atoms with Gasteiger partial charge in [0.2, 0.25) is 5.91 Å². The van der Waals surface area contributed by atoms with Gasteiger partial charge in [-0.3, -0.25) is 4.79 Å². The molecule has 1 aliphatic heterocycles. The van der Waals surface area contributed by atoms with E-state index in [-0.39, 0.29) is 18.3 Å². The fraction of sp³-hybridized carbons (Fsp3) is 0.500. The first kappa shape index (κ1) is 16.5. The van der Waals surface area contributed by atoms with Gasteiger partial charge in [0.25, 0.3) is 0 Å². The van der Waals surface area contributed by atoms with E-state index in [4.69, 9.17) is 0 Å². The summed E-state index contributed by atoms with van der Waals surface area (Å²) in [7, 11) is 0. The van der Waals surface area contributed by atoms with E-state index in [1.807, 2.05) is 29.2 Å². The number of rotatable bonds is 2. The molecule has 1 amide bonds. The fourth-order valence-electron chi connectivity index (χ4n) is 2.46. The van der Waals surface area contributed by atoms with Crippen molar-refractivity contribution in [1.82, 2.24) is 10.2 Å². The highest BCUT2D eigenvalue weighted by atomic mass is 79.9. The van der Waals surface area contributed by atoms with Crippen molar-refractivity contribution in [3.05, 3.63) is 34.3 Å². The molecule has 3 nitrogen and oxygen atoms in total. The second kappa shape index (κ2) is 7.27. The molecule has 0 aliphatic carbocycles. The van der Waals surface area contributed by atoms with Gasteiger partial charge in [-0.1, -0.05) is 28.1 Å². The fourth-order valence-corrected chi connectivity index (χ4v) is 2.91. The number of amides is 1. The van der Waals surface area contributed by atoms with Crippen molar-refractivity contribution in [3.8, 4) is 0 Å². The summed E-state index contributed by atoms with van der Waals surface area (Å²) in [4.78, 5) is 14.2. The Labute approximate surface area is 129 Å². The van der Waals surface area contributed by atoms with Crippen LogP contribution in [-0.2, 0) is 11.2 Å². The third-order valence-electron chi connectivity index (χ3n) is 3.15. The molecule has 1 aliphatic rings. The first-order valence-electron chi connectivity index (χ1n) is 6.33. The predicted octanol–water partition coefficient (Wildman–Crippen LogP) is 2.62. The third-order valence-corrected chi connectivity index (χ3v) is 3.65. The minimum absolute atomic E-state index is 0. The summed E-state index contributed by atoms with van der Waals surface area (Å²) in [5.74, 6) is 0.216. The van der Waals surface area contributed by atoms with Gasteiger partial charge in [0.1, 0.15) is 0 Å². The third kappa shape index (κ3) is 4.79. The summed E-state index contributed by atoms with van der Waals surface area (Å²) in [6.07, 6.45) is 0.485. The molecule has 1 aromatic rings. The minimum atomic E-state index is 0. The number of halogens is 2. The van der Waals surface area contributed by atoms with Crippen LogP contribution in [0.25, 0.3) is 0 Å². The lowest BCUT2D eigenvalue weighted by Crippen LogP contribution is -2.56. The molecule has 1 N–H and O–H groups in total. The van der Waals surface area contributed by atoms with Crippen LogP contribution in [0.2, 0.25) is 0 Å². The molecule has 1 fully saturated rings. The number of hydrogen-bond donors (Lipinski definition) is 1. The maximum absolute atomic E-state index is 12.3. The predicted molar refractivity (Wildman–Crippen MR) is 83.7 cm³/mol. The van der Waals surface area contributed by atoms with Crippen LogP contribution in [0.15, 0.2) is 28.7 Å². The summed E-state index contributed by atoms with van der Waals surface area (Å²) in [5.41, 5.74) is 1.06. The van der Waals surface area contributed by atoms with Crippen LogP contribution in [0.3, 0.4) is 0 Å². The van der Waals surface area contributed by atoms with E-state index >= 15 is 0 Å². The molecule has 0 aromatic heterocycles. The normalized spacial score (nSPS) is 22.8. The van der Waals surface area contributed by atoms with E-state index in [0.717, 1.165) is 23.1 Å². The van der Waals surface area contributed by atoms with E-state index in [1.54, 1.807) is 0 Å². The second-order valence-corrected chi connectivity index (χ2v) is 5.99. The largest absolute Gasteiger partial charge is 0.339 e. The molecule has 1 saturated heterocycles. The van der Waals surface area contributed by atoms with Crippen molar-refractivity contribution >= 4 is 34.2 Å². The lowest BCUT2D eigenvalue weighted by molar-refractivity contribution is -0.132. The Morgan fingerprint density at radius 2 is 2.00 bits per heavy atom. The topological polar surface area (TPSA) is 32.3 Å². The summed E-state index contributed by atoms with van der Waals surface area (Å²) in [6.45, 7) is 5.85. The highest BCUT2D eigenvalue weighted by molar-refractivity contribution is 9.10. The molecule has 2 atom stereocenters. The van der Waals surface area contributed by atoms with Crippen molar-refractivity contribution in [2.45, 2.75) is 32.4 Å². The van der Waals surface area contributed by atoms with Crippen LogP contribution in [0, 0.1) is 0 Å². The lowest BCUT2D eigenvalue weighted by Gasteiger charge is -2.36. The number of carbonyl (C=O) groups is 1. The molecule has 0 spiro atoms. The van der Waals surface area contributed by atoms with Crippen molar-refractivity contribution in [2.24, 2.45) is 0 Å². The zero-order valence-corrected chi connectivity index (χ0v) is 13.6. The van der Waals surface area contributed by atoms with Gasteiger partial charge in [-0.15, -0.1) is 12.4 Å². The maximum Gasteiger partial charge on any atom is 0.227 e. The Bertz CT molecular complexity index is 431. The first-order chi connectivity index (χ1) is 8.54. The molecular weight excluding hydrogens is 328 g/mol. The number of benzene rings is 1. The Morgan fingerprint density at radius 1 is 1.37 bits per heavy atom. The summed E-state index contributed by atoms with van der Waals surface area (Å²) >= 11 is 3.43. The monoisotopic (exact) mass is 346 g/mol. The van der Waals surface area contributed by atoms with Crippen LogP contribution in [0.1, 0.15) is 19.4 Å². The number of hydrogen-bond acceptors (Lipinski definition) is 2. The zero-order chi connectivity index (χ0) is 13.1. The van der Waals surface area contributed by atoms with Gasteiger partial charge >= 0.3 is 0 Å². The highest BCUT2D eigenvalue weighted by Gasteiger charge is 2.24. The molecule has 0 bridgehead atoms. The van der Waals surface area contributed by atoms with E-state index < -0.39 is 0 Å². The SMILES string of the molecule is CC1CN(C(=O)Cc2cccc(Br)c2)CC(C)N1.Cl. The van der Waals surface area contributed by atoms with E-state index in [1.165, 1.54) is 0 Å². The molecule has 0 saturated carbocycles. The minimum Gasteiger partial charge on any atom is -0.339 e. The van der Waals surface area contributed by atoms with Crippen molar-refractivity contribution in [1.29, 1.82) is 0 Å². The molecule has 0 radical (unpaired) electrons.